The van der Waals surface area contributed by atoms with E-state index in [0.29, 0.717) is 18.3 Å². The smallest absolute Gasteiger partial charge is 0.236 e. The van der Waals surface area contributed by atoms with Gasteiger partial charge in [-0.3, -0.25) is 0 Å². The minimum atomic E-state index is 0.431. The fourth-order valence-electron chi connectivity index (χ4n) is 2.23. The number of aromatic nitrogens is 5. The maximum Gasteiger partial charge on any atom is 0.236 e. The number of nitrogens with zero attached hydrogens (tertiary/aromatic N) is 5. The van der Waals surface area contributed by atoms with Gasteiger partial charge in [0.05, 0.1) is 4.88 Å². The molecule has 0 aliphatic heterocycles. The SMILES string of the molecule is Cc1oc(-c2cccs2)nc1Cn1nnc(-c2ccccc2)n1. The Kier molecular flexibility index (Phi) is 3.47. The Morgan fingerprint density at radius 1 is 1.13 bits per heavy atom. The zero-order chi connectivity index (χ0) is 15.6. The highest BCUT2D eigenvalue weighted by Crippen LogP contribution is 2.26. The summed E-state index contributed by atoms with van der Waals surface area (Å²) >= 11 is 1.60. The van der Waals surface area contributed by atoms with Crippen LogP contribution in [-0.2, 0) is 6.54 Å². The highest BCUT2D eigenvalue weighted by molar-refractivity contribution is 7.13. The van der Waals surface area contributed by atoms with Crippen LogP contribution in [0.3, 0.4) is 0 Å². The van der Waals surface area contributed by atoms with Crippen molar-refractivity contribution in [1.82, 2.24) is 25.2 Å². The Morgan fingerprint density at radius 3 is 2.78 bits per heavy atom. The Bertz CT molecular complexity index is 911. The fourth-order valence-corrected chi connectivity index (χ4v) is 2.88. The van der Waals surface area contributed by atoms with Crippen LogP contribution in [0.25, 0.3) is 22.2 Å². The first-order chi connectivity index (χ1) is 11.3. The van der Waals surface area contributed by atoms with Crippen molar-refractivity contribution in [2.45, 2.75) is 13.5 Å². The molecule has 6 nitrogen and oxygen atoms in total. The molecule has 0 amide bonds. The number of aryl methyl sites for hydroxylation is 1. The molecule has 0 fully saturated rings. The first kappa shape index (κ1) is 13.8. The molecule has 1 aromatic carbocycles. The van der Waals surface area contributed by atoms with Gasteiger partial charge in [-0.25, -0.2) is 4.98 Å². The molecule has 0 radical (unpaired) electrons. The van der Waals surface area contributed by atoms with Crippen molar-refractivity contribution >= 4 is 11.3 Å². The normalized spacial score (nSPS) is 11.0. The van der Waals surface area contributed by atoms with Gasteiger partial charge in [0.15, 0.2) is 0 Å². The number of rotatable bonds is 4. The summed E-state index contributed by atoms with van der Waals surface area (Å²) in [5.41, 5.74) is 1.75. The molecule has 23 heavy (non-hydrogen) atoms. The molecule has 0 spiro atoms. The molecule has 4 aromatic rings. The summed E-state index contributed by atoms with van der Waals surface area (Å²) in [5, 5.41) is 14.6. The van der Waals surface area contributed by atoms with Gasteiger partial charge in [-0.05, 0) is 23.6 Å². The zero-order valence-corrected chi connectivity index (χ0v) is 13.2. The minimum absolute atomic E-state index is 0.431. The molecule has 3 aromatic heterocycles. The zero-order valence-electron chi connectivity index (χ0n) is 12.4. The Balaban J connectivity index is 1.58. The van der Waals surface area contributed by atoms with E-state index in [-0.39, 0.29) is 0 Å². The van der Waals surface area contributed by atoms with Crippen LogP contribution in [0.1, 0.15) is 11.5 Å². The number of benzene rings is 1. The van der Waals surface area contributed by atoms with E-state index in [0.717, 1.165) is 21.9 Å². The van der Waals surface area contributed by atoms with Gasteiger partial charge in [-0.15, -0.1) is 21.5 Å². The maximum absolute atomic E-state index is 5.73. The fraction of sp³-hybridized carbons (Fsp3) is 0.125. The van der Waals surface area contributed by atoms with Crippen molar-refractivity contribution < 1.29 is 4.42 Å². The molecule has 4 rings (SSSR count). The highest BCUT2D eigenvalue weighted by atomic mass is 32.1. The number of hydrogen-bond donors (Lipinski definition) is 0. The standard InChI is InChI=1S/C16H13N5OS/c1-11-13(17-16(22-11)14-8-5-9-23-14)10-21-19-15(18-20-21)12-6-3-2-4-7-12/h2-9H,10H2,1H3. The van der Waals surface area contributed by atoms with Crippen LogP contribution in [0, 0.1) is 6.92 Å². The molecule has 0 saturated carbocycles. The largest absolute Gasteiger partial charge is 0.440 e. The second kappa shape index (κ2) is 5.77. The van der Waals surface area contributed by atoms with Crippen LogP contribution >= 0.6 is 11.3 Å². The van der Waals surface area contributed by atoms with E-state index in [2.05, 4.69) is 20.4 Å². The molecule has 0 aliphatic rings. The van der Waals surface area contributed by atoms with Gasteiger partial charge in [0, 0.05) is 5.56 Å². The summed E-state index contributed by atoms with van der Waals surface area (Å²) in [6, 6.07) is 13.7. The predicted molar refractivity (Wildman–Crippen MR) is 86.9 cm³/mol. The van der Waals surface area contributed by atoms with Crippen LogP contribution in [0.15, 0.2) is 52.3 Å². The molecular weight excluding hydrogens is 310 g/mol. The molecule has 114 valence electrons. The van der Waals surface area contributed by atoms with Crippen molar-refractivity contribution in [2.75, 3.05) is 0 Å². The third-order valence-corrected chi connectivity index (χ3v) is 4.26. The number of oxazole rings is 1. The highest BCUT2D eigenvalue weighted by Gasteiger charge is 2.14. The maximum atomic E-state index is 5.73. The second-order valence-electron chi connectivity index (χ2n) is 5.01. The van der Waals surface area contributed by atoms with Crippen LogP contribution in [-0.4, -0.2) is 25.2 Å². The summed E-state index contributed by atoms with van der Waals surface area (Å²) in [7, 11) is 0. The Hall–Kier alpha value is -2.80. The number of tetrazole rings is 1. The van der Waals surface area contributed by atoms with Gasteiger partial charge in [0.25, 0.3) is 0 Å². The van der Waals surface area contributed by atoms with Gasteiger partial charge in [-0.1, -0.05) is 36.4 Å². The molecule has 0 bridgehead atoms. The summed E-state index contributed by atoms with van der Waals surface area (Å²) in [5.74, 6) is 2.01. The number of hydrogen-bond acceptors (Lipinski definition) is 6. The molecule has 7 heteroatoms. The van der Waals surface area contributed by atoms with Gasteiger partial charge < -0.3 is 4.42 Å². The molecule has 3 heterocycles. The van der Waals surface area contributed by atoms with Crippen molar-refractivity contribution in [3.63, 3.8) is 0 Å². The molecule has 0 saturated heterocycles. The van der Waals surface area contributed by atoms with Gasteiger partial charge in [-0.2, -0.15) is 4.80 Å². The summed E-state index contributed by atoms with van der Waals surface area (Å²) < 4.78 is 5.73. The Labute approximate surface area is 136 Å². The van der Waals surface area contributed by atoms with Crippen molar-refractivity contribution in [2.24, 2.45) is 0 Å². The van der Waals surface area contributed by atoms with Gasteiger partial charge in [0.1, 0.15) is 18.0 Å². The van der Waals surface area contributed by atoms with Crippen LogP contribution in [0.4, 0.5) is 0 Å². The minimum Gasteiger partial charge on any atom is -0.440 e. The summed E-state index contributed by atoms with van der Waals surface area (Å²) in [6.45, 7) is 2.33. The molecule has 0 atom stereocenters. The van der Waals surface area contributed by atoms with E-state index in [1.54, 1.807) is 11.3 Å². The van der Waals surface area contributed by atoms with Crippen molar-refractivity contribution in [3.8, 4) is 22.2 Å². The monoisotopic (exact) mass is 323 g/mol. The number of thiophene rings is 1. The lowest BCUT2D eigenvalue weighted by molar-refractivity contribution is 0.526. The van der Waals surface area contributed by atoms with E-state index in [9.17, 15) is 0 Å². The second-order valence-corrected chi connectivity index (χ2v) is 5.96. The van der Waals surface area contributed by atoms with E-state index in [1.165, 1.54) is 4.80 Å². The molecular formula is C16H13N5OS. The first-order valence-electron chi connectivity index (χ1n) is 7.13. The van der Waals surface area contributed by atoms with E-state index < -0.39 is 0 Å². The average Bonchev–Trinajstić information content (AvgIpc) is 3.31. The van der Waals surface area contributed by atoms with Crippen molar-refractivity contribution in [3.05, 3.63) is 59.3 Å². The molecule has 0 aliphatic carbocycles. The average molecular weight is 323 g/mol. The topological polar surface area (TPSA) is 69.6 Å². The van der Waals surface area contributed by atoms with E-state index in [4.69, 9.17) is 4.42 Å². The molecule has 0 unspecified atom stereocenters. The van der Waals surface area contributed by atoms with Gasteiger partial charge in [0.2, 0.25) is 11.7 Å². The van der Waals surface area contributed by atoms with Crippen LogP contribution in [0.2, 0.25) is 0 Å². The van der Waals surface area contributed by atoms with Gasteiger partial charge >= 0.3 is 0 Å². The van der Waals surface area contributed by atoms with Crippen LogP contribution < -0.4 is 0 Å². The third kappa shape index (κ3) is 2.78. The first-order valence-corrected chi connectivity index (χ1v) is 8.01. The summed E-state index contributed by atoms with van der Waals surface area (Å²) in [6.07, 6.45) is 0. The predicted octanol–water partition coefficient (Wildman–Crippen LogP) is 3.41. The van der Waals surface area contributed by atoms with Crippen molar-refractivity contribution in [1.29, 1.82) is 0 Å². The Morgan fingerprint density at radius 2 is 2.00 bits per heavy atom. The molecule has 0 N–H and O–H groups in total. The lowest BCUT2D eigenvalue weighted by atomic mass is 10.2. The third-order valence-electron chi connectivity index (χ3n) is 3.40. The quantitative estimate of drug-likeness (QED) is 0.575. The lowest BCUT2D eigenvalue weighted by Crippen LogP contribution is -2.05. The lowest BCUT2D eigenvalue weighted by Gasteiger charge is -1.95. The van der Waals surface area contributed by atoms with Crippen LogP contribution in [0.5, 0.6) is 0 Å². The summed E-state index contributed by atoms with van der Waals surface area (Å²) in [4.78, 5) is 7.09. The van der Waals surface area contributed by atoms with E-state index in [1.807, 2.05) is 54.8 Å². The van der Waals surface area contributed by atoms with E-state index >= 15 is 0 Å².